The van der Waals surface area contributed by atoms with Gasteiger partial charge in [-0.15, -0.1) is 11.8 Å². The minimum atomic E-state index is -0.663. The van der Waals surface area contributed by atoms with E-state index in [1.807, 2.05) is 33.1 Å². The number of nitrogens with zero attached hydrogens (tertiary/aromatic N) is 1. The molecule has 144 valence electrons. The molecule has 0 aliphatic rings. The van der Waals surface area contributed by atoms with Gasteiger partial charge in [0.2, 0.25) is 5.91 Å². The standard InChI is InChI=1S/C20H25N3O3S/c1-5-26-16-9-6-14(7-10-16)19(24)23-18(13(2)3)20(25)22-15-8-11-17(27-4)21-12-15/h6-13,18H,5H2,1-4H3,(H,22,25)(H,23,24). The second-order valence-electron chi connectivity index (χ2n) is 6.23. The summed E-state index contributed by atoms with van der Waals surface area (Å²) in [6.45, 7) is 6.24. The Morgan fingerprint density at radius 3 is 2.37 bits per heavy atom. The maximum absolute atomic E-state index is 12.6. The molecule has 1 heterocycles. The van der Waals surface area contributed by atoms with Gasteiger partial charge in [-0.3, -0.25) is 9.59 Å². The van der Waals surface area contributed by atoms with Gasteiger partial charge in [0.25, 0.3) is 5.91 Å². The lowest BCUT2D eigenvalue weighted by atomic mass is 10.0. The van der Waals surface area contributed by atoms with Crippen molar-refractivity contribution < 1.29 is 14.3 Å². The minimum absolute atomic E-state index is 0.0740. The Bertz CT molecular complexity index is 761. The first-order chi connectivity index (χ1) is 12.9. The number of ether oxygens (including phenoxy) is 1. The Hall–Kier alpha value is -2.54. The summed E-state index contributed by atoms with van der Waals surface area (Å²) in [7, 11) is 0. The topological polar surface area (TPSA) is 80.3 Å². The highest BCUT2D eigenvalue weighted by atomic mass is 32.2. The van der Waals surface area contributed by atoms with Crippen LogP contribution in [0, 0.1) is 5.92 Å². The van der Waals surface area contributed by atoms with Crippen molar-refractivity contribution in [1.82, 2.24) is 10.3 Å². The van der Waals surface area contributed by atoms with E-state index >= 15 is 0 Å². The first-order valence-corrected chi connectivity index (χ1v) is 10.0. The van der Waals surface area contributed by atoms with Crippen molar-refractivity contribution in [2.75, 3.05) is 18.2 Å². The average molecular weight is 388 g/mol. The van der Waals surface area contributed by atoms with E-state index in [1.165, 1.54) is 11.8 Å². The summed E-state index contributed by atoms with van der Waals surface area (Å²) in [5.74, 6) is 0.0502. The number of hydrogen-bond donors (Lipinski definition) is 2. The van der Waals surface area contributed by atoms with Crippen molar-refractivity contribution in [3.05, 3.63) is 48.2 Å². The molecule has 7 heteroatoms. The fourth-order valence-electron chi connectivity index (χ4n) is 2.42. The summed E-state index contributed by atoms with van der Waals surface area (Å²) in [4.78, 5) is 29.4. The molecule has 0 aliphatic heterocycles. The van der Waals surface area contributed by atoms with Crippen LogP contribution in [0.2, 0.25) is 0 Å². The van der Waals surface area contributed by atoms with Crippen molar-refractivity contribution >= 4 is 29.3 Å². The third kappa shape index (κ3) is 5.99. The molecule has 2 amide bonds. The zero-order chi connectivity index (χ0) is 19.8. The van der Waals surface area contributed by atoms with Gasteiger partial charge < -0.3 is 15.4 Å². The summed E-state index contributed by atoms with van der Waals surface area (Å²) < 4.78 is 5.38. The number of carbonyl (C=O) groups excluding carboxylic acids is 2. The van der Waals surface area contributed by atoms with Crippen LogP contribution in [-0.2, 0) is 4.79 Å². The number of aromatic nitrogens is 1. The van der Waals surface area contributed by atoms with Gasteiger partial charge in [-0.05, 0) is 55.5 Å². The van der Waals surface area contributed by atoms with Crippen molar-refractivity contribution in [3.63, 3.8) is 0 Å². The molecule has 0 saturated carbocycles. The number of thioether (sulfide) groups is 1. The molecule has 2 aromatic rings. The maximum atomic E-state index is 12.6. The Morgan fingerprint density at radius 2 is 1.85 bits per heavy atom. The van der Waals surface area contributed by atoms with Gasteiger partial charge >= 0.3 is 0 Å². The molecule has 2 rings (SSSR count). The lowest BCUT2D eigenvalue weighted by Gasteiger charge is -2.21. The number of nitrogens with one attached hydrogen (secondary N) is 2. The summed E-state index contributed by atoms with van der Waals surface area (Å²) in [5, 5.41) is 6.49. The molecule has 0 aliphatic carbocycles. The third-order valence-electron chi connectivity index (χ3n) is 3.88. The zero-order valence-electron chi connectivity index (χ0n) is 16.0. The van der Waals surface area contributed by atoms with E-state index in [2.05, 4.69) is 15.6 Å². The molecular weight excluding hydrogens is 362 g/mol. The molecule has 0 radical (unpaired) electrons. The molecule has 0 saturated heterocycles. The number of amides is 2. The number of anilines is 1. The molecule has 6 nitrogen and oxygen atoms in total. The Morgan fingerprint density at radius 1 is 1.15 bits per heavy atom. The highest BCUT2D eigenvalue weighted by Crippen LogP contribution is 2.16. The van der Waals surface area contributed by atoms with E-state index in [9.17, 15) is 9.59 Å². The summed E-state index contributed by atoms with van der Waals surface area (Å²) >= 11 is 1.53. The van der Waals surface area contributed by atoms with Gasteiger partial charge in [-0.1, -0.05) is 13.8 Å². The van der Waals surface area contributed by atoms with Gasteiger partial charge in [0.1, 0.15) is 11.8 Å². The van der Waals surface area contributed by atoms with Crippen molar-refractivity contribution in [2.24, 2.45) is 5.92 Å². The first-order valence-electron chi connectivity index (χ1n) is 8.79. The quantitative estimate of drug-likeness (QED) is 0.677. The molecule has 1 aromatic carbocycles. The third-order valence-corrected chi connectivity index (χ3v) is 4.54. The fraction of sp³-hybridized carbons (Fsp3) is 0.350. The Kier molecular flexibility index (Phi) is 7.67. The number of hydrogen-bond acceptors (Lipinski definition) is 5. The Labute approximate surface area is 164 Å². The van der Waals surface area contributed by atoms with Crippen LogP contribution < -0.4 is 15.4 Å². The lowest BCUT2D eigenvalue weighted by molar-refractivity contribution is -0.118. The number of carbonyl (C=O) groups is 2. The second kappa shape index (κ2) is 9.97. The van der Waals surface area contributed by atoms with Gasteiger partial charge in [0, 0.05) is 5.56 Å². The average Bonchev–Trinajstić information content (AvgIpc) is 2.67. The predicted octanol–water partition coefficient (Wildman–Crippen LogP) is 3.60. The van der Waals surface area contributed by atoms with Gasteiger partial charge in [0.15, 0.2) is 0 Å². The molecule has 1 unspecified atom stereocenters. The number of rotatable bonds is 8. The molecule has 0 fully saturated rings. The highest BCUT2D eigenvalue weighted by Gasteiger charge is 2.25. The van der Waals surface area contributed by atoms with Crippen molar-refractivity contribution in [3.8, 4) is 5.75 Å². The second-order valence-corrected chi connectivity index (χ2v) is 7.06. The molecule has 0 spiro atoms. The summed E-state index contributed by atoms with van der Waals surface area (Å²) in [5.41, 5.74) is 1.07. The van der Waals surface area contributed by atoms with Crippen LogP contribution in [-0.4, -0.2) is 35.7 Å². The number of pyridine rings is 1. The molecule has 1 aromatic heterocycles. The van der Waals surface area contributed by atoms with E-state index in [1.54, 1.807) is 36.5 Å². The summed E-state index contributed by atoms with van der Waals surface area (Å²) in [6.07, 6.45) is 3.54. The van der Waals surface area contributed by atoms with Gasteiger partial charge in [-0.2, -0.15) is 0 Å². The highest BCUT2D eigenvalue weighted by molar-refractivity contribution is 7.98. The van der Waals surface area contributed by atoms with Crippen LogP contribution in [0.1, 0.15) is 31.1 Å². The van der Waals surface area contributed by atoms with E-state index in [0.717, 1.165) is 5.03 Å². The van der Waals surface area contributed by atoms with Gasteiger partial charge in [0.05, 0.1) is 23.5 Å². The van der Waals surface area contributed by atoms with E-state index in [0.29, 0.717) is 23.6 Å². The van der Waals surface area contributed by atoms with Crippen LogP contribution in [0.15, 0.2) is 47.6 Å². The molecule has 0 bridgehead atoms. The summed E-state index contributed by atoms with van der Waals surface area (Å²) in [6, 6.07) is 9.81. The molecule has 27 heavy (non-hydrogen) atoms. The first kappa shape index (κ1) is 20.8. The van der Waals surface area contributed by atoms with E-state index in [-0.39, 0.29) is 17.7 Å². The van der Waals surface area contributed by atoms with Crippen LogP contribution in [0.4, 0.5) is 5.69 Å². The molecule has 2 N–H and O–H groups in total. The maximum Gasteiger partial charge on any atom is 0.251 e. The van der Waals surface area contributed by atoms with Crippen LogP contribution in [0.25, 0.3) is 0 Å². The predicted molar refractivity (Wildman–Crippen MR) is 108 cm³/mol. The largest absolute Gasteiger partial charge is 0.494 e. The number of benzene rings is 1. The minimum Gasteiger partial charge on any atom is -0.494 e. The zero-order valence-corrected chi connectivity index (χ0v) is 16.8. The monoisotopic (exact) mass is 387 g/mol. The lowest BCUT2D eigenvalue weighted by Crippen LogP contribution is -2.47. The van der Waals surface area contributed by atoms with Crippen LogP contribution in [0.3, 0.4) is 0 Å². The SMILES string of the molecule is CCOc1ccc(C(=O)NC(C(=O)Nc2ccc(SC)nc2)C(C)C)cc1. The van der Waals surface area contributed by atoms with Crippen LogP contribution in [0.5, 0.6) is 5.75 Å². The fourth-order valence-corrected chi connectivity index (χ4v) is 2.79. The molecular formula is C20H25N3O3S. The van der Waals surface area contributed by atoms with E-state index in [4.69, 9.17) is 4.74 Å². The van der Waals surface area contributed by atoms with Crippen LogP contribution >= 0.6 is 11.8 Å². The molecule has 1 atom stereocenters. The van der Waals surface area contributed by atoms with Gasteiger partial charge in [-0.25, -0.2) is 4.98 Å². The van der Waals surface area contributed by atoms with E-state index < -0.39 is 6.04 Å². The normalized spacial score (nSPS) is 11.7. The Balaban J connectivity index is 2.04. The smallest absolute Gasteiger partial charge is 0.251 e. The van der Waals surface area contributed by atoms with Crippen molar-refractivity contribution in [2.45, 2.75) is 31.8 Å². The van der Waals surface area contributed by atoms with Crippen molar-refractivity contribution in [1.29, 1.82) is 0 Å².